The predicted molar refractivity (Wildman–Crippen MR) is 90.0 cm³/mol. The lowest BCUT2D eigenvalue weighted by molar-refractivity contribution is 0.359. The van der Waals surface area contributed by atoms with Crippen LogP contribution in [0.4, 0.5) is 5.69 Å². The maximum Gasteiger partial charge on any atom is 0.171 e. The van der Waals surface area contributed by atoms with E-state index in [4.69, 9.17) is 15.0 Å². The van der Waals surface area contributed by atoms with Crippen molar-refractivity contribution in [1.29, 1.82) is 0 Å². The maximum absolute atomic E-state index is 8.54. The van der Waals surface area contributed by atoms with Gasteiger partial charge in [-0.2, -0.15) is 0 Å². The average Bonchev–Trinajstić information content (AvgIpc) is 2.40. The molecule has 3 rings (SSSR count). The van der Waals surface area contributed by atoms with Gasteiger partial charge in [-0.25, -0.2) is 0 Å². The van der Waals surface area contributed by atoms with E-state index < -0.39 is 0 Å². The van der Waals surface area contributed by atoms with Gasteiger partial charge < -0.3 is 9.47 Å². The van der Waals surface area contributed by atoms with Crippen LogP contribution in [0.5, 0.6) is 23.0 Å². The van der Waals surface area contributed by atoms with Crippen LogP contribution in [0.15, 0.2) is 38.3 Å². The molecular formula is C12H4Br2IN3O2. The quantitative estimate of drug-likeness (QED) is 0.161. The largest absolute Gasteiger partial charge is 0.449 e. The van der Waals surface area contributed by atoms with Crippen molar-refractivity contribution in [3.8, 4) is 23.0 Å². The summed E-state index contributed by atoms with van der Waals surface area (Å²) >= 11 is 8.92. The molecule has 1 aliphatic heterocycles. The monoisotopic (exact) mass is 503 g/mol. The minimum Gasteiger partial charge on any atom is -0.449 e. The van der Waals surface area contributed by atoms with Crippen LogP contribution < -0.4 is 9.47 Å². The van der Waals surface area contributed by atoms with Gasteiger partial charge in [-0.15, -0.1) is 0 Å². The Balaban J connectivity index is 2.10. The Kier molecular flexibility index (Phi) is 3.80. The van der Waals surface area contributed by atoms with Crippen molar-refractivity contribution in [3.05, 3.63) is 47.2 Å². The van der Waals surface area contributed by atoms with Crippen molar-refractivity contribution in [2.45, 2.75) is 0 Å². The highest BCUT2D eigenvalue weighted by atomic mass is 123. The maximum atomic E-state index is 8.54. The van der Waals surface area contributed by atoms with E-state index in [0.29, 0.717) is 28.7 Å². The number of rotatable bonds is 1. The van der Waals surface area contributed by atoms with Gasteiger partial charge in [-0.3, -0.25) is 0 Å². The van der Waals surface area contributed by atoms with E-state index in [9.17, 15) is 0 Å². The number of hydrogen-bond acceptors (Lipinski definition) is 3. The standard InChI is InChI=1S/C12H4Br2IN3O2/c13-5-1-9-10(2-6(5)14)20-12-4-8(17-18-16)7(15)3-11(12)19-9/h1-4H/i15-4. The second-order valence-corrected chi connectivity index (χ2v) is 6.73. The minimum atomic E-state index is 0.509. The molecule has 0 aliphatic carbocycles. The second kappa shape index (κ2) is 5.44. The van der Waals surface area contributed by atoms with Crippen molar-refractivity contribution in [2.75, 3.05) is 0 Å². The molecule has 1 heterocycles. The highest BCUT2D eigenvalue weighted by molar-refractivity contribution is 14.1. The number of ether oxygens (including phenoxy) is 2. The van der Waals surface area contributed by atoms with Gasteiger partial charge in [0.05, 0.1) is 5.69 Å². The third kappa shape index (κ3) is 2.48. The molecule has 0 spiro atoms. The van der Waals surface area contributed by atoms with E-state index in [-0.39, 0.29) is 0 Å². The number of fused-ring (bicyclic) bond motifs is 2. The summed E-state index contributed by atoms with van der Waals surface area (Å²) < 4.78 is 14.1. The Labute approximate surface area is 144 Å². The molecule has 20 heavy (non-hydrogen) atoms. The van der Waals surface area contributed by atoms with Gasteiger partial charge in [-0.1, -0.05) is 5.11 Å². The van der Waals surface area contributed by atoms with Crippen LogP contribution in [0, 0.1) is 3.57 Å². The molecule has 0 N–H and O–H groups in total. The first-order valence-corrected chi connectivity index (χ1v) is 7.98. The highest BCUT2D eigenvalue weighted by Gasteiger charge is 2.21. The lowest BCUT2D eigenvalue weighted by Crippen LogP contribution is -1.99. The minimum absolute atomic E-state index is 0.509. The molecule has 2 aromatic carbocycles. The Morgan fingerprint density at radius 3 is 2.00 bits per heavy atom. The molecule has 0 saturated heterocycles. The fraction of sp³-hybridized carbons (Fsp3) is 0. The number of halogens is 3. The summed E-state index contributed by atoms with van der Waals surface area (Å²) in [6.45, 7) is 0. The lowest BCUT2D eigenvalue weighted by Gasteiger charge is -2.21. The van der Waals surface area contributed by atoms with E-state index in [1.165, 1.54) is 0 Å². The van der Waals surface area contributed by atoms with Gasteiger partial charge in [-0.05, 0) is 72.1 Å². The summed E-state index contributed by atoms with van der Waals surface area (Å²) in [7, 11) is 0. The highest BCUT2D eigenvalue weighted by Crippen LogP contribution is 2.49. The summed E-state index contributed by atoms with van der Waals surface area (Å²) in [5.74, 6) is 2.34. The number of benzene rings is 2. The Bertz CT molecular complexity index is 776. The zero-order valence-corrected chi connectivity index (χ0v) is 14.9. The van der Waals surface area contributed by atoms with E-state index in [2.05, 4.69) is 64.5 Å². The average molecular weight is 505 g/mol. The van der Waals surface area contributed by atoms with Crippen LogP contribution in [0.1, 0.15) is 0 Å². The molecule has 0 bridgehead atoms. The molecule has 0 fully saturated rings. The second-order valence-electron chi connectivity index (χ2n) is 3.86. The number of nitrogens with zero attached hydrogens (tertiary/aromatic N) is 3. The van der Waals surface area contributed by atoms with Crippen molar-refractivity contribution in [2.24, 2.45) is 5.11 Å². The first-order valence-electron chi connectivity index (χ1n) is 5.32. The normalized spacial score (nSPS) is 11.6. The summed E-state index contributed by atoms with van der Waals surface area (Å²) in [4.78, 5) is 2.80. The topological polar surface area (TPSA) is 67.2 Å². The summed E-state index contributed by atoms with van der Waals surface area (Å²) in [6.07, 6.45) is 0. The van der Waals surface area contributed by atoms with E-state index >= 15 is 0 Å². The zero-order chi connectivity index (χ0) is 14.3. The molecule has 0 unspecified atom stereocenters. The third-order valence-electron chi connectivity index (χ3n) is 2.59. The fourth-order valence-electron chi connectivity index (χ4n) is 1.72. The molecule has 0 saturated carbocycles. The first kappa shape index (κ1) is 14.0. The molecule has 5 nitrogen and oxygen atoms in total. The van der Waals surface area contributed by atoms with Crippen molar-refractivity contribution in [1.82, 2.24) is 0 Å². The molecule has 100 valence electrons. The van der Waals surface area contributed by atoms with Crippen LogP contribution in [0.2, 0.25) is 0 Å². The molecule has 0 aromatic heterocycles. The van der Waals surface area contributed by atoms with Gasteiger partial charge in [0.25, 0.3) is 0 Å². The first-order chi connectivity index (χ1) is 9.58. The molecular weight excluding hydrogens is 501 g/mol. The predicted octanol–water partition coefficient (Wildman–Crippen LogP) is 6.66. The van der Waals surface area contributed by atoms with Gasteiger partial charge in [0.1, 0.15) is 0 Å². The van der Waals surface area contributed by atoms with Gasteiger partial charge in [0, 0.05) is 29.6 Å². The van der Waals surface area contributed by atoms with Gasteiger partial charge >= 0.3 is 0 Å². The molecule has 8 heteroatoms. The van der Waals surface area contributed by atoms with E-state index in [1.54, 1.807) is 12.1 Å². The lowest BCUT2D eigenvalue weighted by atomic mass is 10.2. The fourth-order valence-corrected chi connectivity index (χ4v) is 2.91. The van der Waals surface area contributed by atoms with Crippen LogP contribution in [-0.2, 0) is 0 Å². The Hall–Kier alpha value is -0.960. The Morgan fingerprint density at radius 1 is 0.950 bits per heavy atom. The number of azide groups is 1. The van der Waals surface area contributed by atoms with Crippen LogP contribution in [-0.4, -0.2) is 0 Å². The van der Waals surface area contributed by atoms with Gasteiger partial charge in [0.15, 0.2) is 23.0 Å². The molecule has 2 aromatic rings. The van der Waals surface area contributed by atoms with E-state index in [0.717, 1.165) is 12.5 Å². The third-order valence-corrected chi connectivity index (χ3v) is 5.30. The van der Waals surface area contributed by atoms with Crippen LogP contribution in [0.3, 0.4) is 0 Å². The van der Waals surface area contributed by atoms with Crippen LogP contribution in [0.25, 0.3) is 10.4 Å². The Morgan fingerprint density at radius 2 is 1.45 bits per heavy atom. The summed E-state index contributed by atoms with van der Waals surface area (Å²) in [6, 6.07) is 7.08. The molecule has 0 amide bonds. The van der Waals surface area contributed by atoms with Crippen molar-refractivity contribution in [3.63, 3.8) is 0 Å². The summed E-state index contributed by atoms with van der Waals surface area (Å²) in [5, 5.41) is 3.62. The smallest absolute Gasteiger partial charge is 0.171 e. The van der Waals surface area contributed by atoms with Crippen LogP contribution >= 0.6 is 54.5 Å². The number of hydrogen-bond donors (Lipinski definition) is 0. The van der Waals surface area contributed by atoms with Gasteiger partial charge in [0.2, 0.25) is 0 Å². The van der Waals surface area contributed by atoms with Crippen molar-refractivity contribution < 1.29 is 9.47 Å². The summed E-state index contributed by atoms with van der Waals surface area (Å²) in [5.41, 5.74) is 9.05. The molecule has 0 radical (unpaired) electrons. The zero-order valence-electron chi connectivity index (χ0n) is 9.60. The molecule has 1 aliphatic rings. The van der Waals surface area contributed by atoms with E-state index in [1.807, 2.05) is 12.1 Å². The SMILES string of the molecule is [N-]=[N+]=Nc1cc2c(cc1[123I])Oc1cc(Br)c(Br)cc1O2. The molecule has 0 atom stereocenters. The van der Waals surface area contributed by atoms with Crippen molar-refractivity contribution >= 4 is 60.1 Å².